The Morgan fingerprint density at radius 3 is 2.30 bits per heavy atom. The van der Waals surface area contributed by atoms with Crippen LogP contribution in [-0.4, -0.2) is 34.1 Å². The van der Waals surface area contributed by atoms with Gasteiger partial charge < -0.3 is 5.32 Å². The van der Waals surface area contributed by atoms with Gasteiger partial charge in [-0.25, -0.2) is 27.5 Å². The average Bonchev–Trinajstić information content (AvgIpc) is 2.84. The Morgan fingerprint density at radius 1 is 0.973 bits per heavy atom. The van der Waals surface area contributed by atoms with Crippen LogP contribution in [-0.2, 0) is 14.8 Å². The number of amides is 1. The molecule has 0 radical (unpaired) electrons. The van der Waals surface area contributed by atoms with Gasteiger partial charge in [0.05, 0.1) is 10.6 Å². The zero-order valence-electron chi connectivity index (χ0n) is 20.1. The standard InChI is InChI=1S/C25H23FN6O4S/c1-15-14-23(28-17(3)27-15)31-37(35,36)21-10-8-20(9-11-21)29-25(34)16(2)32-24(33)13-12-22(30-32)18-4-6-19(26)7-5-18/h4-14,16H,1-3H3,(H,29,34)(H,27,28,31). The second kappa shape index (κ2) is 10.3. The average molecular weight is 523 g/mol. The first-order valence-corrected chi connectivity index (χ1v) is 12.6. The third-order valence-corrected chi connectivity index (χ3v) is 6.72. The Bertz CT molecular complexity index is 1600. The fourth-order valence-corrected chi connectivity index (χ4v) is 4.51. The molecule has 4 aromatic rings. The van der Waals surface area contributed by atoms with E-state index in [0.29, 0.717) is 28.5 Å². The van der Waals surface area contributed by atoms with E-state index in [-0.39, 0.29) is 10.7 Å². The van der Waals surface area contributed by atoms with Gasteiger partial charge in [-0.05, 0) is 75.4 Å². The van der Waals surface area contributed by atoms with Crippen molar-refractivity contribution < 1.29 is 17.6 Å². The van der Waals surface area contributed by atoms with Crippen molar-refractivity contribution in [2.75, 3.05) is 10.0 Å². The maximum atomic E-state index is 13.2. The van der Waals surface area contributed by atoms with Crippen LogP contribution in [0.1, 0.15) is 24.5 Å². The number of carbonyl (C=O) groups excluding carboxylic acids is 1. The third kappa shape index (κ3) is 6.04. The molecule has 4 rings (SSSR count). The molecule has 2 aromatic heterocycles. The first-order valence-electron chi connectivity index (χ1n) is 11.1. The van der Waals surface area contributed by atoms with Gasteiger partial charge in [-0.3, -0.25) is 14.3 Å². The van der Waals surface area contributed by atoms with E-state index < -0.39 is 33.3 Å². The molecule has 2 aromatic carbocycles. The molecule has 0 fully saturated rings. The summed E-state index contributed by atoms with van der Waals surface area (Å²) in [5.74, 6) is -0.358. The van der Waals surface area contributed by atoms with Gasteiger partial charge in [-0.1, -0.05) is 0 Å². The highest BCUT2D eigenvalue weighted by Crippen LogP contribution is 2.20. The molecule has 12 heteroatoms. The van der Waals surface area contributed by atoms with Crippen molar-refractivity contribution in [2.45, 2.75) is 31.7 Å². The Labute approximate surface area is 212 Å². The van der Waals surface area contributed by atoms with Crippen molar-refractivity contribution in [1.82, 2.24) is 19.7 Å². The Kier molecular flexibility index (Phi) is 7.11. The highest BCUT2D eigenvalue weighted by molar-refractivity contribution is 7.92. The van der Waals surface area contributed by atoms with Crippen LogP contribution in [0.25, 0.3) is 11.3 Å². The molecule has 2 heterocycles. The lowest BCUT2D eigenvalue weighted by Crippen LogP contribution is -2.33. The van der Waals surface area contributed by atoms with E-state index >= 15 is 0 Å². The molecule has 0 aliphatic heterocycles. The Balaban J connectivity index is 1.48. The summed E-state index contributed by atoms with van der Waals surface area (Å²) in [7, 11) is -3.92. The molecular formula is C25H23FN6O4S. The number of carbonyl (C=O) groups is 1. The lowest BCUT2D eigenvalue weighted by Gasteiger charge is -2.15. The maximum Gasteiger partial charge on any atom is 0.267 e. The number of sulfonamides is 1. The lowest BCUT2D eigenvalue weighted by atomic mass is 10.1. The number of benzene rings is 2. The van der Waals surface area contributed by atoms with Gasteiger partial charge in [0.15, 0.2) is 0 Å². The van der Waals surface area contributed by atoms with Gasteiger partial charge in [-0.15, -0.1) is 0 Å². The first kappa shape index (κ1) is 25.6. The maximum absolute atomic E-state index is 13.2. The summed E-state index contributed by atoms with van der Waals surface area (Å²) in [5.41, 5.74) is 1.44. The minimum Gasteiger partial charge on any atom is -0.324 e. The lowest BCUT2D eigenvalue weighted by molar-refractivity contribution is -0.119. The number of nitrogens with one attached hydrogen (secondary N) is 2. The van der Waals surface area contributed by atoms with Crippen LogP contribution in [0.2, 0.25) is 0 Å². The molecule has 0 aliphatic rings. The summed E-state index contributed by atoms with van der Waals surface area (Å²) in [6.07, 6.45) is 0. The summed E-state index contributed by atoms with van der Waals surface area (Å²) in [4.78, 5) is 33.4. The van der Waals surface area contributed by atoms with Crippen molar-refractivity contribution in [2.24, 2.45) is 0 Å². The number of anilines is 2. The van der Waals surface area contributed by atoms with E-state index in [9.17, 15) is 22.4 Å². The first-order chi connectivity index (χ1) is 17.5. The number of hydrogen-bond donors (Lipinski definition) is 2. The quantitative estimate of drug-likeness (QED) is 0.379. The number of halogens is 1. The van der Waals surface area contributed by atoms with Crippen molar-refractivity contribution >= 4 is 27.4 Å². The Hall–Kier alpha value is -4.45. The molecular weight excluding hydrogens is 499 g/mol. The highest BCUT2D eigenvalue weighted by Gasteiger charge is 2.20. The topological polar surface area (TPSA) is 136 Å². The predicted molar refractivity (Wildman–Crippen MR) is 136 cm³/mol. The van der Waals surface area contributed by atoms with Crippen molar-refractivity contribution in [3.63, 3.8) is 0 Å². The second-order valence-electron chi connectivity index (χ2n) is 8.25. The van der Waals surface area contributed by atoms with Gasteiger partial charge in [0, 0.05) is 29.1 Å². The van der Waals surface area contributed by atoms with Crippen molar-refractivity contribution in [3.8, 4) is 11.3 Å². The van der Waals surface area contributed by atoms with E-state index in [0.717, 1.165) is 4.68 Å². The van der Waals surface area contributed by atoms with E-state index in [1.807, 2.05) is 0 Å². The number of nitrogens with zero attached hydrogens (tertiary/aromatic N) is 4. The molecule has 0 bridgehead atoms. The second-order valence-corrected chi connectivity index (χ2v) is 9.93. The van der Waals surface area contributed by atoms with Crippen LogP contribution in [0, 0.1) is 19.7 Å². The molecule has 2 N–H and O–H groups in total. The molecule has 0 aliphatic carbocycles. The molecule has 1 atom stereocenters. The van der Waals surface area contributed by atoms with E-state index in [2.05, 4.69) is 25.1 Å². The van der Waals surface area contributed by atoms with Crippen LogP contribution in [0.15, 0.2) is 76.4 Å². The zero-order chi connectivity index (χ0) is 26.7. The molecule has 0 spiro atoms. The molecule has 190 valence electrons. The largest absolute Gasteiger partial charge is 0.324 e. The van der Waals surface area contributed by atoms with Crippen molar-refractivity contribution in [1.29, 1.82) is 0 Å². The highest BCUT2D eigenvalue weighted by atomic mass is 32.2. The monoisotopic (exact) mass is 522 g/mol. The molecule has 37 heavy (non-hydrogen) atoms. The van der Waals surface area contributed by atoms with E-state index in [1.54, 1.807) is 13.8 Å². The zero-order valence-corrected chi connectivity index (χ0v) is 21.0. The predicted octanol–water partition coefficient (Wildman–Crippen LogP) is 3.46. The van der Waals surface area contributed by atoms with E-state index in [1.165, 1.54) is 73.7 Å². The van der Waals surface area contributed by atoms with Gasteiger partial charge in [0.1, 0.15) is 23.5 Å². The summed E-state index contributed by atoms with van der Waals surface area (Å²) in [6.45, 7) is 4.89. The van der Waals surface area contributed by atoms with Crippen LogP contribution in [0.3, 0.4) is 0 Å². The smallest absolute Gasteiger partial charge is 0.267 e. The van der Waals surface area contributed by atoms with Gasteiger partial charge in [0.2, 0.25) is 5.91 Å². The summed E-state index contributed by atoms with van der Waals surface area (Å²) in [5, 5.41) is 6.91. The SMILES string of the molecule is Cc1cc(NS(=O)(=O)c2ccc(NC(=O)C(C)n3nc(-c4ccc(F)cc4)ccc3=O)cc2)nc(C)n1. The minimum atomic E-state index is -3.92. The minimum absolute atomic E-state index is 0.0302. The Morgan fingerprint density at radius 2 is 1.65 bits per heavy atom. The van der Waals surface area contributed by atoms with E-state index in [4.69, 9.17) is 0 Å². The van der Waals surface area contributed by atoms with Crippen LogP contribution in [0.5, 0.6) is 0 Å². The summed E-state index contributed by atoms with van der Waals surface area (Å²) < 4.78 is 42.1. The number of rotatable bonds is 7. The number of aryl methyl sites for hydroxylation is 2. The molecule has 10 nitrogen and oxygen atoms in total. The summed E-state index contributed by atoms with van der Waals surface area (Å²) >= 11 is 0. The molecule has 1 unspecified atom stereocenters. The molecule has 0 saturated heterocycles. The fourth-order valence-electron chi connectivity index (χ4n) is 3.52. The van der Waals surface area contributed by atoms with Gasteiger partial charge in [0.25, 0.3) is 15.6 Å². The van der Waals surface area contributed by atoms with Crippen molar-refractivity contribution in [3.05, 3.63) is 94.4 Å². The van der Waals surface area contributed by atoms with Gasteiger partial charge >= 0.3 is 0 Å². The van der Waals surface area contributed by atoms with Crippen LogP contribution in [0.4, 0.5) is 15.9 Å². The molecule has 1 amide bonds. The number of hydrogen-bond acceptors (Lipinski definition) is 7. The normalized spacial score (nSPS) is 12.1. The van der Waals surface area contributed by atoms with Crippen LogP contribution >= 0.6 is 0 Å². The van der Waals surface area contributed by atoms with Gasteiger partial charge in [-0.2, -0.15) is 5.10 Å². The number of aromatic nitrogens is 4. The third-order valence-electron chi connectivity index (χ3n) is 5.35. The van der Waals surface area contributed by atoms with Crippen LogP contribution < -0.4 is 15.6 Å². The fraction of sp³-hybridized carbons (Fsp3) is 0.160. The molecule has 0 saturated carbocycles. The summed E-state index contributed by atoms with van der Waals surface area (Å²) in [6, 6.07) is 14.4.